The maximum Gasteiger partial charge on any atom is 0.272 e. The molecule has 0 fully saturated rings. The predicted molar refractivity (Wildman–Crippen MR) is 131 cm³/mol. The quantitative estimate of drug-likeness (QED) is 0.309. The van der Waals surface area contributed by atoms with Crippen molar-refractivity contribution in [3.63, 3.8) is 0 Å². The average molecular weight is 431 g/mol. The van der Waals surface area contributed by atoms with Crippen LogP contribution in [0.5, 0.6) is 0 Å². The lowest BCUT2D eigenvalue weighted by atomic mass is 10.1. The molecule has 0 bridgehead atoms. The molecule has 0 saturated heterocycles. The van der Waals surface area contributed by atoms with Gasteiger partial charge in [0.2, 0.25) is 0 Å². The number of aromatic nitrogens is 3. The molecule has 6 heteroatoms. The minimum absolute atomic E-state index is 0.317. The van der Waals surface area contributed by atoms with Crippen molar-refractivity contribution in [3.05, 3.63) is 114 Å². The Hall–Kier alpha value is -4.58. The normalized spacial score (nSPS) is 11.2. The summed E-state index contributed by atoms with van der Waals surface area (Å²) in [6.07, 6.45) is 1.62. The summed E-state index contributed by atoms with van der Waals surface area (Å²) < 4.78 is 1.78. The Morgan fingerprint density at radius 2 is 1.55 bits per heavy atom. The molecule has 160 valence electrons. The van der Waals surface area contributed by atoms with E-state index in [4.69, 9.17) is 10.1 Å². The molecule has 0 radical (unpaired) electrons. The molecule has 0 aliphatic carbocycles. The number of nitrogens with one attached hydrogen (secondary N) is 1. The van der Waals surface area contributed by atoms with Crippen LogP contribution in [0.1, 0.15) is 21.6 Å². The number of pyridine rings is 1. The number of hydrogen-bond donors (Lipinski definition) is 1. The maximum absolute atomic E-state index is 13.2. The van der Waals surface area contributed by atoms with E-state index in [0.29, 0.717) is 22.3 Å². The third kappa shape index (κ3) is 4.14. The number of aryl methyl sites for hydroxylation is 1. The summed E-state index contributed by atoms with van der Waals surface area (Å²) in [5, 5.41) is 9.55. The highest BCUT2D eigenvalue weighted by Crippen LogP contribution is 2.28. The molecule has 0 spiro atoms. The number of amides is 1. The Morgan fingerprint density at radius 3 is 2.24 bits per heavy atom. The SMILES string of the molecule is Cc1nn(-c2ccccc2)c2nc(-c3ccccc3)cc(C(=O)N/N=C\c3ccccc3)c12. The number of hydrogen-bond acceptors (Lipinski definition) is 4. The second-order valence-electron chi connectivity index (χ2n) is 7.56. The zero-order valence-electron chi connectivity index (χ0n) is 18.0. The molecule has 3 aromatic carbocycles. The first kappa shape index (κ1) is 20.3. The molecule has 0 aliphatic rings. The molecule has 0 aliphatic heterocycles. The van der Waals surface area contributed by atoms with Crippen molar-refractivity contribution in [2.75, 3.05) is 0 Å². The van der Waals surface area contributed by atoms with Crippen molar-refractivity contribution >= 4 is 23.2 Å². The lowest BCUT2D eigenvalue weighted by molar-refractivity contribution is 0.0956. The molecule has 2 heterocycles. The zero-order valence-corrected chi connectivity index (χ0v) is 18.0. The summed E-state index contributed by atoms with van der Waals surface area (Å²) in [5.74, 6) is -0.317. The Morgan fingerprint density at radius 1 is 0.909 bits per heavy atom. The second kappa shape index (κ2) is 8.88. The molecule has 0 atom stereocenters. The van der Waals surface area contributed by atoms with Crippen molar-refractivity contribution in [1.29, 1.82) is 0 Å². The Labute approximate surface area is 191 Å². The second-order valence-corrected chi connectivity index (χ2v) is 7.56. The van der Waals surface area contributed by atoms with E-state index >= 15 is 0 Å². The van der Waals surface area contributed by atoms with Gasteiger partial charge in [-0.3, -0.25) is 4.79 Å². The molecular weight excluding hydrogens is 410 g/mol. The summed E-state index contributed by atoms with van der Waals surface area (Å²) in [6.45, 7) is 1.88. The van der Waals surface area contributed by atoms with E-state index in [1.807, 2.05) is 97.9 Å². The summed E-state index contributed by atoms with van der Waals surface area (Å²) >= 11 is 0. The monoisotopic (exact) mass is 431 g/mol. The molecule has 33 heavy (non-hydrogen) atoms. The molecular formula is C27H21N5O. The van der Waals surface area contributed by atoms with E-state index in [1.165, 1.54) is 0 Å². The van der Waals surface area contributed by atoms with Gasteiger partial charge in [0.1, 0.15) is 0 Å². The number of carbonyl (C=O) groups is 1. The van der Waals surface area contributed by atoms with E-state index < -0.39 is 0 Å². The van der Waals surface area contributed by atoms with Crippen LogP contribution in [0.15, 0.2) is 102 Å². The van der Waals surface area contributed by atoms with Gasteiger partial charge in [-0.25, -0.2) is 15.1 Å². The van der Waals surface area contributed by atoms with Crippen LogP contribution < -0.4 is 5.43 Å². The number of para-hydroxylation sites is 1. The lowest BCUT2D eigenvalue weighted by Gasteiger charge is -2.08. The smallest absolute Gasteiger partial charge is 0.267 e. The van der Waals surface area contributed by atoms with Crippen LogP contribution in [0.2, 0.25) is 0 Å². The summed E-state index contributed by atoms with van der Waals surface area (Å²) in [4.78, 5) is 18.1. The van der Waals surface area contributed by atoms with Crippen LogP contribution in [-0.2, 0) is 0 Å². The van der Waals surface area contributed by atoms with Gasteiger partial charge in [-0.05, 0) is 30.7 Å². The Bertz CT molecular complexity index is 1440. The third-order valence-electron chi connectivity index (χ3n) is 5.31. The van der Waals surface area contributed by atoms with Crippen LogP contribution in [0.25, 0.3) is 28.0 Å². The molecule has 5 rings (SSSR count). The van der Waals surface area contributed by atoms with Crippen molar-refractivity contribution in [2.24, 2.45) is 5.10 Å². The number of nitrogens with zero attached hydrogens (tertiary/aromatic N) is 4. The van der Waals surface area contributed by atoms with E-state index in [1.54, 1.807) is 17.0 Å². The van der Waals surface area contributed by atoms with Crippen LogP contribution in [0.3, 0.4) is 0 Å². The fraction of sp³-hybridized carbons (Fsp3) is 0.0370. The van der Waals surface area contributed by atoms with Gasteiger partial charge in [-0.2, -0.15) is 10.2 Å². The van der Waals surface area contributed by atoms with Gasteiger partial charge in [0.15, 0.2) is 5.65 Å². The van der Waals surface area contributed by atoms with Crippen molar-refractivity contribution in [2.45, 2.75) is 6.92 Å². The standard InChI is InChI=1S/C27H21N5O/c1-19-25-23(27(33)30-28-18-20-11-5-2-6-12-20)17-24(21-13-7-3-8-14-21)29-26(25)32(31-19)22-15-9-4-10-16-22/h2-18H,1H3,(H,30,33)/b28-18-. The molecule has 6 nitrogen and oxygen atoms in total. The summed E-state index contributed by atoms with van der Waals surface area (Å²) in [6, 6.07) is 31.0. The van der Waals surface area contributed by atoms with E-state index in [-0.39, 0.29) is 5.91 Å². The van der Waals surface area contributed by atoms with Crippen molar-refractivity contribution in [1.82, 2.24) is 20.2 Å². The van der Waals surface area contributed by atoms with Crippen LogP contribution >= 0.6 is 0 Å². The average Bonchev–Trinajstić information content (AvgIpc) is 3.21. The Balaban J connectivity index is 1.63. The zero-order chi connectivity index (χ0) is 22.6. The number of benzene rings is 3. The number of fused-ring (bicyclic) bond motifs is 1. The van der Waals surface area contributed by atoms with Crippen LogP contribution in [0.4, 0.5) is 0 Å². The number of carbonyl (C=O) groups excluding carboxylic acids is 1. The lowest BCUT2D eigenvalue weighted by Crippen LogP contribution is -2.18. The Kier molecular flexibility index (Phi) is 5.47. The van der Waals surface area contributed by atoms with Gasteiger partial charge >= 0.3 is 0 Å². The van der Waals surface area contributed by atoms with E-state index in [2.05, 4.69) is 10.5 Å². The van der Waals surface area contributed by atoms with E-state index in [9.17, 15) is 4.79 Å². The number of hydrazone groups is 1. The highest BCUT2D eigenvalue weighted by molar-refractivity contribution is 6.08. The van der Waals surface area contributed by atoms with Gasteiger partial charge < -0.3 is 0 Å². The molecule has 5 aromatic rings. The van der Waals surface area contributed by atoms with Crippen molar-refractivity contribution in [3.8, 4) is 16.9 Å². The number of rotatable bonds is 5. The highest BCUT2D eigenvalue weighted by atomic mass is 16.2. The van der Waals surface area contributed by atoms with Gasteiger partial charge in [-0.1, -0.05) is 78.9 Å². The maximum atomic E-state index is 13.2. The van der Waals surface area contributed by atoms with Crippen LogP contribution in [-0.4, -0.2) is 26.9 Å². The van der Waals surface area contributed by atoms with Gasteiger partial charge in [-0.15, -0.1) is 0 Å². The predicted octanol–water partition coefficient (Wildman–Crippen LogP) is 5.16. The minimum Gasteiger partial charge on any atom is -0.267 e. The molecule has 1 N–H and O–H groups in total. The van der Waals surface area contributed by atoms with Gasteiger partial charge in [0, 0.05) is 5.56 Å². The molecule has 2 aromatic heterocycles. The third-order valence-corrected chi connectivity index (χ3v) is 5.31. The fourth-order valence-corrected chi connectivity index (χ4v) is 3.74. The van der Waals surface area contributed by atoms with Crippen molar-refractivity contribution < 1.29 is 4.79 Å². The largest absolute Gasteiger partial charge is 0.272 e. The molecule has 0 saturated carbocycles. The topological polar surface area (TPSA) is 72.2 Å². The molecule has 0 unspecified atom stereocenters. The van der Waals surface area contributed by atoms with Gasteiger partial charge in [0.05, 0.1) is 34.2 Å². The fourth-order valence-electron chi connectivity index (χ4n) is 3.74. The first-order valence-corrected chi connectivity index (χ1v) is 10.6. The minimum atomic E-state index is -0.317. The van der Waals surface area contributed by atoms with E-state index in [0.717, 1.165) is 22.5 Å². The summed E-state index contributed by atoms with van der Waals surface area (Å²) in [5.41, 5.74) is 7.86. The first-order chi connectivity index (χ1) is 16.2. The highest BCUT2D eigenvalue weighted by Gasteiger charge is 2.20. The van der Waals surface area contributed by atoms with Gasteiger partial charge in [0.25, 0.3) is 5.91 Å². The summed E-state index contributed by atoms with van der Waals surface area (Å²) in [7, 11) is 0. The van der Waals surface area contributed by atoms with Crippen LogP contribution in [0, 0.1) is 6.92 Å². The molecule has 1 amide bonds. The first-order valence-electron chi connectivity index (χ1n) is 10.6.